The summed E-state index contributed by atoms with van der Waals surface area (Å²) in [5.74, 6) is 0.0332. The van der Waals surface area contributed by atoms with Gasteiger partial charge >= 0.3 is 5.97 Å². The van der Waals surface area contributed by atoms with Gasteiger partial charge in [-0.3, -0.25) is 4.79 Å². The van der Waals surface area contributed by atoms with Gasteiger partial charge in [0.15, 0.2) is 0 Å². The van der Waals surface area contributed by atoms with Crippen molar-refractivity contribution in [3.63, 3.8) is 0 Å². The third kappa shape index (κ3) is 6.37. The van der Waals surface area contributed by atoms with Crippen molar-refractivity contribution in [1.29, 1.82) is 0 Å². The normalized spacial score (nSPS) is 10.8. The van der Waals surface area contributed by atoms with Gasteiger partial charge in [-0.05, 0) is 19.1 Å². The molecule has 0 fully saturated rings. The molecule has 0 spiro atoms. The van der Waals surface area contributed by atoms with Crippen LogP contribution in [-0.2, 0) is 4.79 Å². The van der Waals surface area contributed by atoms with Crippen LogP contribution in [0.4, 0.5) is 0 Å². The van der Waals surface area contributed by atoms with Crippen molar-refractivity contribution in [1.82, 2.24) is 0 Å². The molecule has 1 N–H and O–H groups in total. The highest BCUT2D eigenvalue weighted by Gasteiger charge is 2.00. The summed E-state index contributed by atoms with van der Waals surface area (Å²) in [6.45, 7) is 1.51. The third-order valence-corrected chi connectivity index (χ3v) is 1.56. The Balaban J connectivity index is 0.000000255. The Kier molecular flexibility index (Phi) is 6.66. The summed E-state index contributed by atoms with van der Waals surface area (Å²) in [5.41, 5.74) is 0. The lowest BCUT2D eigenvalue weighted by Gasteiger charge is -1.93. The first-order valence-corrected chi connectivity index (χ1v) is 4.59. The fourth-order valence-corrected chi connectivity index (χ4v) is 0.557. The van der Waals surface area contributed by atoms with Crippen LogP contribution in [0, 0.1) is 0 Å². The van der Waals surface area contributed by atoms with Gasteiger partial charge in [0.05, 0.1) is 12.4 Å². The number of methoxy groups -OCH3 is 1. The summed E-state index contributed by atoms with van der Waals surface area (Å²) in [7, 11) is 1.66. The van der Waals surface area contributed by atoms with Crippen molar-refractivity contribution in [2.45, 2.75) is 12.2 Å². The molecule has 1 aromatic rings. The second-order valence-electron chi connectivity index (χ2n) is 2.53. The molecule has 0 aromatic heterocycles. The molecule has 0 aliphatic rings. The number of rotatable bonds is 2. The number of benzene rings is 1. The first-order valence-electron chi connectivity index (χ1n) is 4.08. The van der Waals surface area contributed by atoms with Crippen LogP contribution in [0.2, 0.25) is 0 Å². The van der Waals surface area contributed by atoms with Crippen LogP contribution in [0.15, 0.2) is 30.3 Å². The number of carbonyl (C=O) groups is 1. The number of hydrogen-bond donors (Lipinski definition) is 2. The van der Waals surface area contributed by atoms with Gasteiger partial charge in [0.1, 0.15) is 5.75 Å². The van der Waals surface area contributed by atoms with Gasteiger partial charge in [-0.25, -0.2) is 0 Å². The maximum absolute atomic E-state index is 9.62. The topological polar surface area (TPSA) is 46.5 Å². The quantitative estimate of drug-likeness (QED) is 0.741. The molecule has 4 heteroatoms. The van der Waals surface area contributed by atoms with Crippen molar-refractivity contribution in [3.05, 3.63) is 30.3 Å². The lowest BCUT2D eigenvalue weighted by atomic mass is 10.3. The highest BCUT2D eigenvalue weighted by molar-refractivity contribution is 7.81. The van der Waals surface area contributed by atoms with Crippen molar-refractivity contribution in [3.8, 4) is 5.75 Å². The fraction of sp³-hybridized carbons (Fsp3) is 0.300. The molecular weight excluding hydrogens is 200 g/mol. The van der Waals surface area contributed by atoms with E-state index in [4.69, 9.17) is 9.84 Å². The third-order valence-electron chi connectivity index (χ3n) is 1.34. The number of ether oxygens (including phenoxy) is 1. The maximum Gasteiger partial charge on any atom is 0.316 e. The van der Waals surface area contributed by atoms with E-state index in [9.17, 15) is 4.79 Å². The van der Waals surface area contributed by atoms with Gasteiger partial charge in [0.2, 0.25) is 0 Å². The zero-order valence-electron chi connectivity index (χ0n) is 8.18. The molecular formula is C10H14O3S. The second-order valence-corrected chi connectivity index (χ2v) is 3.31. The number of carboxylic acid groups (broad SMARTS) is 1. The lowest BCUT2D eigenvalue weighted by Crippen LogP contribution is -2.06. The first-order chi connectivity index (χ1) is 6.57. The first kappa shape index (κ1) is 12.8. The number of hydrogen-bond acceptors (Lipinski definition) is 3. The Morgan fingerprint density at radius 1 is 1.43 bits per heavy atom. The lowest BCUT2D eigenvalue weighted by molar-refractivity contribution is -0.136. The van der Waals surface area contributed by atoms with Crippen LogP contribution >= 0.6 is 12.6 Å². The van der Waals surface area contributed by atoms with Crippen LogP contribution in [0.3, 0.4) is 0 Å². The SMILES string of the molecule is CC(S)C(=O)O.COc1ccccc1. The molecule has 0 amide bonds. The number of carboxylic acids is 1. The molecule has 1 unspecified atom stereocenters. The van der Waals surface area contributed by atoms with Crippen molar-refractivity contribution >= 4 is 18.6 Å². The summed E-state index contributed by atoms with van der Waals surface area (Å²) >= 11 is 3.59. The average molecular weight is 214 g/mol. The monoisotopic (exact) mass is 214 g/mol. The predicted octanol–water partition coefficient (Wildman–Crippen LogP) is 2.08. The molecule has 0 heterocycles. The second kappa shape index (κ2) is 7.26. The van der Waals surface area contributed by atoms with E-state index in [2.05, 4.69) is 12.6 Å². The van der Waals surface area contributed by atoms with Crippen molar-refractivity contribution in [2.75, 3.05) is 7.11 Å². The highest BCUT2D eigenvalue weighted by atomic mass is 32.1. The van der Waals surface area contributed by atoms with E-state index >= 15 is 0 Å². The summed E-state index contributed by atoms with van der Waals surface area (Å²) < 4.78 is 4.91. The molecule has 1 rings (SSSR count). The van der Waals surface area contributed by atoms with Gasteiger partial charge in [-0.15, -0.1) is 0 Å². The minimum atomic E-state index is -0.877. The van der Waals surface area contributed by atoms with Crippen LogP contribution in [0.1, 0.15) is 6.92 Å². The average Bonchev–Trinajstić information content (AvgIpc) is 2.20. The Morgan fingerprint density at radius 3 is 2.07 bits per heavy atom. The molecule has 0 bridgehead atoms. The molecule has 1 aromatic carbocycles. The molecule has 78 valence electrons. The van der Waals surface area contributed by atoms with E-state index in [1.54, 1.807) is 7.11 Å². The Hall–Kier alpha value is -1.16. The van der Waals surface area contributed by atoms with E-state index < -0.39 is 11.2 Å². The van der Waals surface area contributed by atoms with Gasteiger partial charge in [-0.2, -0.15) is 12.6 Å². The number of aliphatic carboxylic acids is 1. The van der Waals surface area contributed by atoms with E-state index in [1.807, 2.05) is 30.3 Å². The minimum absolute atomic E-state index is 0.537. The van der Waals surface area contributed by atoms with Crippen molar-refractivity contribution < 1.29 is 14.6 Å². The van der Waals surface area contributed by atoms with Gasteiger partial charge in [0.25, 0.3) is 0 Å². The molecule has 1 atom stereocenters. The van der Waals surface area contributed by atoms with Crippen molar-refractivity contribution in [2.24, 2.45) is 0 Å². The van der Waals surface area contributed by atoms with E-state index in [0.717, 1.165) is 5.75 Å². The Bertz CT molecular complexity index is 259. The molecule has 0 radical (unpaired) electrons. The largest absolute Gasteiger partial charge is 0.497 e. The molecule has 14 heavy (non-hydrogen) atoms. The van der Waals surface area contributed by atoms with Crippen LogP contribution in [0.5, 0.6) is 5.75 Å². The van der Waals surface area contributed by atoms with Gasteiger partial charge in [0, 0.05) is 0 Å². The van der Waals surface area contributed by atoms with Gasteiger partial charge < -0.3 is 9.84 Å². The summed E-state index contributed by atoms with van der Waals surface area (Å²) in [6, 6.07) is 9.68. The maximum atomic E-state index is 9.62. The molecule has 3 nitrogen and oxygen atoms in total. The summed E-state index contributed by atoms with van der Waals surface area (Å²) in [6.07, 6.45) is 0. The minimum Gasteiger partial charge on any atom is -0.497 e. The van der Waals surface area contributed by atoms with Crippen LogP contribution < -0.4 is 4.74 Å². The summed E-state index contributed by atoms with van der Waals surface area (Å²) in [4.78, 5) is 9.62. The van der Waals surface area contributed by atoms with Crippen LogP contribution in [0.25, 0.3) is 0 Å². The fourth-order valence-electron chi connectivity index (χ4n) is 0.557. The highest BCUT2D eigenvalue weighted by Crippen LogP contribution is 2.05. The van der Waals surface area contributed by atoms with E-state index in [-0.39, 0.29) is 0 Å². The number of thiol groups is 1. The zero-order valence-corrected chi connectivity index (χ0v) is 9.07. The zero-order chi connectivity index (χ0) is 11.0. The molecule has 0 aliphatic carbocycles. The Morgan fingerprint density at radius 2 is 1.86 bits per heavy atom. The van der Waals surface area contributed by atoms with Gasteiger partial charge in [-0.1, -0.05) is 18.2 Å². The summed E-state index contributed by atoms with van der Waals surface area (Å²) in [5, 5.41) is 7.38. The van der Waals surface area contributed by atoms with Crippen LogP contribution in [-0.4, -0.2) is 23.4 Å². The predicted molar refractivity (Wildman–Crippen MR) is 59.1 cm³/mol. The molecule has 0 aliphatic heterocycles. The smallest absolute Gasteiger partial charge is 0.316 e. The standard InChI is InChI=1S/C7H8O.C3H6O2S/c1-8-7-5-3-2-4-6-7;1-2(6)3(4)5/h2-6H,1H3;2,6H,1H3,(H,4,5). The number of para-hydroxylation sites is 1. The van der Waals surface area contributed by atoms with E-state index in [0.29, 0.717) is 0 Å². The van der Waals surface area contributed by atoms with E-state index in [1.165, 1.54) is 6.92 Å². The Labute approximate surface area is 89.1 Å². The molecule has 0 saturated heterocycles. The molecule has 0 saturated carbocycles.